The molecule has 0 aliphatic carbocycles. The number of nitrogens with one attached hydrogen (secondary N) is 1. The Morgan fingerprint density at radius 1 is 1.40 bits per heavy atom. The lowest BCUT2D eigenvalue weighted by atomic mass is 10.2. The van der Waals surface area contributed by atoms with E-state index in [4.69, 9.17) is 26.5 Å². The zero-order valence-electron chi connectivity index (χ0n) is 10.8. The van der Waals surface area contributed by atoms with Gasteiger partial charge in [-0.3, -0.25) is 4.79 Å². The van der Waals surface area contributed by atoms with Crippen molar-refractivity contribution in [3.63, 3.8) is 0 Å². The maximum atomic E-state index is 11.7. The Hall–Kier alpha value is -1.98. The van der Waals surface area contributed by atoms with Gasteiger partial charge < -0.3 is 20.2 Å². The Morgan fingerprint density at radius 3 is 3.00 bits per heavy atom. The topological polar surface area (TPSA) is 77.5 Å². The third-order valence-electron chi connectivity index (χ3n) is 2.59. The van der Waals surface area contributed by atoms with Crippen molar-refractivity contribution in [3.8, 4) is 0 Å². The summed E-state index contributed by atoms with van der Waals surface area (Å²) in [6.07, 6.45) is 1.81. The average molecular weight is 295 g/mol. The van der Waals surface area contributed by atoms with E-state index in [-0.39, 0.29) is 12.3 Å². The van der Waals surface area contributed by atoms with Crippen LogP contribution in [0.25, 0.3) is 0 Å². The van der Waals surface area contributed by atoms with Gasteiger partial charge in [-0.25, -0.2) is 0 Å². The number of carbonyl (C=O) groups is 1. The first-order chi connectivity index (χ1) is 9.65. The van der Waals surface area contributed by atoms with Crippen molar-refractivity contribution in [3.05, 3.63) is 47.4 Å². The number of nitrogens with two attached hydrogens (primary N) is 1. The van der Waals surface area contributed by atoms with Crippen LogP contribution >= 0.6 is 11.6 Å². The van der Waals surface area contributed by atoms with Gasteiger partial charge in [0.15, 0.2) is 0 Å². The molecule has 1 aromatic heterocycles. The van der Waals surface area contributed by atoms with Gasteiger partial charge in [-0.2, -0.15) is 0 Å². The minimum Gasteiger partial charge on any atom is -0.467 e. The number of rotatable bonds is 6. The number of carbonyl (C=O) groups excluding carboxylic acids is 1. The third kappa shape index (κ3) is 4.29. The van der Waals surface area contributed by atoms with Crippen LogP contribution in [0.4, 0.5) is 11.4 Å². The van der Waals surface area contributed by atoms with Crippen LogP contribution < -0.4 is 11.1 Å². The largest absolute Gasteiger partial charge is 0.467 e. The molecule has 20 heavy (non-hydrogen) atoms. The van der Waals surface area contributed by atoms with Gasteiger partial charge in [0.05, 0.1) is 30.7 Å². The molecule has 1 amide bonds. The van der Waals surface area contributed by atoms with Gasteiger partial charge in [-0.05, 0) is 30.3 Å². The Balaban J connectivity index is 1.73. The molecule has 5 nitrogen and oxygen atoms in total. The fourth-order valence-electron chi connectivity index (χ4n) is 1.58. The fraction of sp³-hybridized carbons (Fsp3) is 0.214. The molecule has 0 unspecified atom stereocenters. The number of nitrogen functional groups attached to an aromatic ring is 1. The molecule has 106 valence electrons. The summed E-state index contributed by atoms with van der Waals surface area (Å²) in [7, 11) is 0. The van der Waals surface area contributed by atoms with Crippen LogP contribution in [-0.2, 0) is 16.1 Å². The molecule has 0 fully saturated rings. The molecular formula is C14H15ClN2O3. The van der Waals surface area contributed by atoms with E-state index < -0.39 is 0 Å². The van der Waals surface area contributed by atoms with E-state index in [1.165, 1.54) is 0 Å². The molecule has 6 heteroatoms. The van der Waals surface area contributed by atoms with Crippen molar-refractivity contribution in [2.45, 2.75) is 13.0 Å². The SMILES string of the molecule is Nc1ccc(Cl)cc1NC(=O)CCOCc1ccco1. The summed E-state index contributed by atoms with van der Waals surface area (Å²) in [4.78, 5) is 11.7. The molecule has 2 rings (SSSR count). The average Bonchev–Trinajstić information content (AvgIpc) is 2.92. The molecule has 0 aliphatic heterocycles. The van der Waals surface area contributed by atoms with Crippen LogP contribution in [0.1, 0.15) is 12.2 Å². The standard InChI is InChI=1S/C14H15ClN2O3/c15-10-3-4-12(16)13(8-10)17-14(18)5-7-19-9-11-2-1-6-20-11/h1-4,6,8H,5,7,9,16H2,(H,17,18). The summed E-state index contributed by atoms with van der Waals surface area (Å²) in [6.45, 7) is 0.645. The molecule has 1 heterocycles. The molecule has 0 bridgehead atoms. The second-order valence-electron chi connectivity index (χ2n) is 4.16. The molecule has 2 aromatic rings. The van der Waals surface area contributed by atoms with Gasteiger partial charge in [0.25, 0.3) is 0 Å². The Morgan fingerprint density at radius 2 is 2.25 bits per heavy atom. The van der Waals surface area contributed by atoms with E-state index in [2.05, 4.69) is 5.32 Å². The lowest BCUT2D eigenvalue weighted by molar-refractivity contribution is -0.117. The lowest BCUT2D eigenvalue weighted by Gasteiger charge is -2.08. The number of hydrogen-bond acceptors (Lipinski definition) is 4. The summed E-state index contributed by atoms with van der Waals surface area (Å²) in [5, 5.41) is 3.21. The zero-order valence-corrected chi connectivity index (χ0v) is 11.5. The monoisotopic (exact) mass is 294 g/mol. The fourth-order valence-corrected chi connectivity index (χ4v) is 1.75. The molecule has 0 aliphatic rings. The van der Waals surface area contributed by atoms with E-state index in [1.54, 1.807) is 30.5 Å². The Bertz CT molecular complexity index is 570. The number of furan rings is 1. The first-order valence-corrected chi connectivity index (χ1v) is 6.48. The third-order valence-corrected chi connectivity index (χ3v) is 2.82. The molecule has 0 spiro atoms. The lowest BCUT2D eigenvalue weighted by Crippen LogP contribution is -2.15. The van der Waals surface area contributed by atoms with Crippen molar-refractivity contribution >= 4 is 28.9 Å². The van der Waals surface area contributed by atoms with Crippen LogP contribution in [0, 0.1) is 0 Å². The van der Waals surface area contributed by atoms with E-state index in [1.807, 2.05) is 6.07 Å². The van der Waals surface area contributed by atoms with Gasteiger partial charge in [-0.1, -0.05) is 11.6 Å². The minimum absolute atomic E-state index is 0.182. The predicted octanol–water partition coefficient (Wildman–Crippen LogP) is 3.06. The van der Waals surface area contributed by atoms with E-state index in [0.29, 0.717) is 29.6 Å². The molecule has 0 saturated carbocycles. The highest BCUT2D eigenvalue weighted by molar-refractivity contribution is 6.31. The minimum atomic E-state index is -0.182. The van der Waals surface area contributed by atoms with Crippen LogP contribution in [-0.4, -0.2) is 12.5 Å². The maximum absolute atomic E-state index is 11.7. The van der Waals surface area contributed by atoms with E-state index in [9.17, 15) is 4.79 Å². The first-order valence-electron chi connectivity index (χ1n) is 6.10. The number of amides is 1. The number of halogens is 1. The summed E-state index contributed by atoms with van der Waals surface area (Å²) in [5.41, 5.74) is 6.72. The first kappa shape index (κ1) is 14.4. The normalized spacial score (nSPS) is 10.4. The molecule has 0 atom stereocenters. The van der Waals surface area contributed by atoms with Gasteiger partial charge in [0.1, 0.15) is 12.4 Å². The van der Waals surface area contributed by atoms with Gasteiger partial charge in [0.2, 0.25) is 5.91 Å². The number of ether oxygens (including phenoxy) is 1. The smallest absolute Gasteiger partial charge is 0.226 e. The number of anilines is 2. The second-order valence-corrected chi connectivity index (χ2v) is 4.60. The maximum Gasteiger partial charge on any atom is 0.226 e. The summed E-state index contributed by atoms with van der Waals surface area (Å²) in [6, 6.07) is 8.52. The Kier molecular flexibility index (Phi) is 5.03. The molecular weight excluding hydrogens is 280 g/mol. The van der Waals surface area contributed by atoms with Gasteiger partial charge in [-0.15, -0.1) is 0 Å². The zero-order chi connectivity index (χ0) is 14.4. The predicted molar refractivity (Wildman–Crippen MR) is 77.5 cm³/mol. The molecule has 1 aromatic carbocycles. The van der Waals surface area contributed by atoms with Crippen molar-refractivity contribution in [2.24, 2.45) is 0 Å². The van der Waals surface area contributed by atoms with Crippen molar-refractivity contribution < 1.29 is 13.9 Å². The van der Waals surface area contributed by atoms with E-state index >= 15 is 0 Å². The highest BCUT2D eigenvalue weighted by Crippen LogP contribution is 2.22. The summed E-state index contributed by atoms with van der Waals surface area (Å²) >= 11 is 5.84. The quantitative estimate of drug-likeness (QED) is 0.634. The second kappa shape index (κ2) is 6.98. The highest BCUT2D eigenvalue weighted by Gasteiger charge is 2.06. The number of hydrogen-bond donors (Lipinski definition) is 2. The van der Waals surface area contributed by atoms with Crippen LogP contribution in [0.15, 0.2) is 41.0 Å². The summed E-state index contributed by atoms with van der Waals surface area (Å²) in [5.74, 6) is 0.544. The van der Waals surface area contributed by atoms with Gasteiger partial charge >= 0.3 is 0 Å². The van der Waals surface area contributed by atoms with Crippen molar-refractivity contribution in [1.82, 2.24) is 0 Å². The van der Waals surface area contributed by atoms with Crippen LogP contribution in [0.2, 0.25) is 5.02 Å². The molecule has 0 radical (unpaired) electrons. The summed E-state index contributed by atoms with van der Waals surface area (Å²) < 4.78 is 10.4. The van der Waals surface area contributed by atoms with Crippen LogP contribution in [0.5, 0.6) is 0 Å². The van der Waals surface area contributed by atoms with Crippen molar-refractivity contribution in [2.75, 3.05) is 17.7 Å². The van der Waals surface area contributed by atoms with E-state index in [0.717, 1.165) is 5.76 Å². The highest BCUT2D eigenvalue weighted by atomic mass is 35.5. The van der Waals surface area contributed by atoms with Gasteiger partial charge in [0, 0.05) is 5.02 Å². The Labute approximate surface area is 121 Å². The molecule has 3 N–H and O–H groups in total. The number of benzene rings is 1. The van der Waals surface area contributed by atoms with Crippen molar-refractivity contribution in [1.29, 1.82) is 0 Å². The molecule has 0 saturated heterocycles. The van der Waals surface area contributed by atoms with Crippen LogP contribution in [0.3, 0.4) is 0 Å².